The fraction of sp³-hybridized carbons (Fsp3) is 0.182. The smallest absolute Gasteiger partial charge is 0.330 e. The summed E-state index contributed by atoms with van der Waals surface area (Å²) >= 11 is 0. The van der Waals surface area contributed by atoms with Crippen molar-refractivity contribution >= 4 is 11.5 Å². The van der Waals surface area contributed by atoms with Crippen molar-refractivity contribution in [2.24, 2.45) is 0 Å². The average molecular weight is 268 g/mol. The van der Waals surface area contributed by atoms with Crippen molar-refractivity contribution in [3.8, 4) is 0 Å². The Morgan fingerprint density at radius 2 is 2.16 bits per heavy atom. The minimum atomic E-state index is -0.759. The van der Waals surface area contributed by atoms with Gasteiger partial charge in [-0.05, 0) is 13.0 Å². The molecule has 0 saturated carbocycles. The van der Waals surface area contributed by atoms with Crippen molar-refractivity contribution in [2.75, 3.05) is 5.73 Å². The van der Waals surface area contributed by atoms with Crippen LogP contribution in [0.2, 0.25) is 0 Å². The third-order valence-corrected chi connectivity index (χ3v) is 2.79. The maximum absolute atomic E-state index is 13.6. The van der Waals surface area contributed by atoms with Crippen molar-refractivity contribution < 1.29 is 13.7 Å². The molecule has 0 saturated heterocycles. The number of anilines is 1. The van der Waals surface area contributed by atoms with E-state index in [1.54, 1.807) is 6.92 Å². The molecule has 0 radical (unpaired) electrons. The van der Waals surface area contributed by atoms with Crippen molar-refractivity contribution in [1.82, 2.24) is 9.78 Å². The van der Waals surface area contributed by atoms with Crippen LogP contribution in [0.1, 0.15) is 18.5 Å². The van der Waals surface area contributed by atoms with E-state index in [1.807, 2.05) is 0 Å². The highest BCUT2D eigenvalue weighted by atomic mass is 19.1. The second-order valence-corrected chi connectivity index (χ2v) is 3.96. The number of hydrogen-bond acceptors (Lipinski definition) is 4. The first-order chi connectivity index (χ1) is 8.91. The van der Waals surface area contributed by atoms with Crippen LogP contribution in [0, 0.1) is 21.7 Å². The fourth-order valence-corrected chi connectivity index (χ4v) is 1.78. The molecule has 100 valence electrons. The van der Waals surface area contributed by atoms with E-state index in [0.29, 0.717) is 0 Å². The third kappa shape index (κ3) is 2.24. The SMILES string of the molecule is CC(c1ccc(F)cc1F)n1ncc([N+](=O)[O-])c1N. The number of benzene rings is 1. The Morgan fingerprint density at radius 3 is 2.68 bits per heavy atom. The van der Waals surface area contributed by atoms with Crippen LogP contribution in [0.4, 0.5) is 20.3 Å². The van der Waals surface area contributed by atoms with Gasteiger partial charge in [-0.3, -0.25) is 10.1 Å². The molecule has 19 heavy (non-hydrogen) atoms. The quantitative estimate of drug-likeness (QED) is 0.683. The van der Waals surface area contributed by atoms with E-state index in [0.717, 1.165) is 23.0 Å². The van der Waals surface area contributed by atoms with E-state index in [1.165, 1.54) is 6.07 Å². The number of nitrogens with two attached hydrogens (primary N) is 1. The van der Waals surface area contributed by atoms with Crippen molar-refractivity contribution in [1.29, 1.82) is 0 Å². The molecule has 1 atom stereocenters. The summed E-state index contributed by atoms with van der Waals surface area (Å²) in [5.74, 6) is -1.64. The molecule has 2 aromatic rings. The maximum Gasteiger partial charge on any atom is 0.330 e. The van der Waals surface area contributed by atoms with Crippen LogP contribution in [0.25, 0.3) is 0 Å². The van der Waals surface area contributed by atoms with Gasteiger partial charge in [0.15, 0.2) is 0 Å². The van der Waals surface area contributed by atoms with Crippen LogP contribution in [0.5, 0.6) is 0 Å². The second-order valence-electron chi connectivity index (χ2n) is 3.96. The first-order valence-electron chi connectivity index (χ1n) is 5.34. The van der Waals surface area contributed by atoms with E-state index in [-0.39, 0.29) is 17.1 Å². The van der Waals surface area contributed by atoms with E-state index in [2.05, 4.69) is 5.10 Å². The van der Waals surface area contributed by atoms with Gasteiger partial charge in [0.25, 0.3) is 0 Å². The van der Waals surface area contributed by atoms with Gasteiger partial charge in [-0.25, -0.2) is 13.5 Å². The lowest BCUT2D eigenvalue weighted by Crippen LogP contribution is -2.13. The Bertz CT molecular complexity index is 642. The molecule has 0 aliphatic carbocycles. The summed E-state index contributed by atoms with van der Waals surface area (Å²) in [6.07, 6.45) is 0.993. The number of nitrogen functional groups attached to an aromatic ring is 1. The van der Waals surface area contributed by atoms with Crippen molar-refractivity contribution in [2.45, 2.75) is 13.0 Å². The first kappa shape index (κ1) is 12.9. The highest BCUT2D eigenvalue weighted by molar-refractivity contribution is 5.52. The van der Waals surface area contributed by atoms with Crippen molar-refractivity contribution in [3.63, 3.8) is 0 Å². The summed E-state index contributed by atoms with van der Waals surface area (Å²) in [4.78, 5) is 9.98. The molecule has 2 N–H and O–H groups in total. The molecule has 1 aromatic heterocycles. The summed E-state index contributed by atoms with van der Waals surface area (Å²) in [6, 6.07) is 2.40. The normalized spacial score (nSPS) is 12.4. The van der Waals surface area contributed by atoms with E-state index < -0.39 is 22.6 Å². The molecule has 2 rings (SSSR count). The van der Waals surface area contributed by atoms with Gasteiger partial charge >= 0.3 is 5.69 Å². The van der Waals surface area contributed by atoms with Gasteiger partial charge < -0.3 is 5.73 Å². The zero-order chi connectivity index (χ0) is 14.2. The fourth-order valence-electron chi connectivity index (χ4n) is 1.78. The molecule has 0 bridgehead atoms. The molecule has 0 aliphatic heterocycles. The van der Waals surface area contributed by atoms with Gasteiger partial charge in [-0.1, -0.05) is 6.07 Å². The van der Waals surface area contributed by atoms with Gasteiger partial charge in [0.2, 0.25) is 5.82 Å². The molecule has 6 nitrogen and oxygen atoms in total. The standard InChI is InChI=1S/C11H10F2N4O2/c1-6(8-3-2-7(12)4-9(8)13)16-11(14)10(5-15-16)17(18)19/h2-6H,14H2,1H3. The third-order valence-electron chi connectivity index (χ3n) is 2.79. The molecule has 0 spiro atoms. The molecule has 1 unspecified atom stereocenters. The van der Waals surface area contributed by atoms with E-state index in [4.69, 9.17) is 5.73 Å². The second kappa shape index (κ2) is 4.63. The summed E-state index contributed by atoms with van der Waals surface area (Å²) < 4.78 is 27.6. The monoisotopic (exact) mass is 268 g/mol. The van der Waals surface area contributed by atoms with Crippen LogP contribution in [-0.2, 0) is 0 Å². The van der Waals surface area contributed by atoms with Gasteiger partial charge in [0.1, 0.15) is 17.8 Å². The van der Waals surface area contributed by atoms with Crippen molar-refractivity contribution in [3.05, 3.63) is 51.7 Å². The summed E-state index contributed by atoms with van der Waals surface area (Å²) in [6.45, 7) is 1.56. The first-order valence-corrected chi connectivity index (χ1v) is 5.34. The van der Waals surface area contributed by atoms with Gasteiger partial charge in [0.05, 0.1) is 11.0 Å². The molecule has 1 aromatic carbocycles. The number of hydrogen-bond donors (Lipinski definition) is 1. The topological polar surface area (TPSA) is 87.0 Å². The molecule has 1 heterocycles. The Kier molecular flexibility index (Phi) is 3.16. The number of rotatable bonds is 3. The molecular weight excluding hydrogens is 258 g/mol. The average Bonchev–Trinajstić information content (AvgIpc) is 2.70. The lowest BCUT2D eigenvalue weighted by molar-refractivity contribution is -0.384. The molecule has 8 heteroatoms. The number of halogens is 2. The minimum absolute atomic E-state index is 0.145. The zero-order valence-corrected chi connectivity index (χ0v) is 9.88. The van der Waals surface area contributed by atoms with Crippen LogP contribution in [0.3, 0.4) is 0 Å². The zero-order valence-electron chi connectivity index (χ0n) is 9.88. The summed E-state index contributed by atoms with van der Waals surface area (Å²) in [7, 11) is 0. The molecule has 0 amide bonds. The van der Waals surface area contributed by atoms with Crippen LogP contribution >= 0.6 is 0 Å². The highest BCUT2D eigenvalue weighted by Crippen LogP contribution is 2.28. The molecule has 0 aliphatic rings. The summed E-state index contributed by atoms with van der Waals surface area (Å²) in [5.41, 5.74) is 5.38. The Labute approximate surface area is 106 Å². The predicted molar refractivity (Wildman–Crippen MR) is 63.5 cm³/mol. The van der Waals surface area contributed by atoms with Crippen LogP contribution in [-0.4, -0.2) is 14.7 Å². The minimum Gasteiger partial charge on any atom is -0.378 e. The number of nitro groups is 1. The lowest BCUT2D eigenvalue weighted by atomic mass is 10.1. The van der Waals surface area contributed by atoms with Gasteiger partial charge in [-0.15, -0.1) is 0 Å². The Morgan fingerprint density at radius 1 is 1.47 bits per heavy atom. The van der Waals surface area contributed by atoms with Crippen LogP contribution < -0.4 is 5.73 Å². The lowest BCUT2D eigenvalue weighted by Gasteiger charge is -2.14. The maximum atomic E-state index is 13.6. The molecular formula is C11H10F2N4O2. The predicted octanol–water partition coefficient (Wildman–Crippen LogP) is 2.26. The van der Waals surface area contributed by atoms with E-state index >= 15 is 0 Å². The largest absolute Gasteiger partial charge is 0.378 e. The Balaban J connectivity index is 2.44. The summed E-state index contributed by atoms with van der Waals surface area (Å²) in [5, 5.41) is 14.4. The Hall–Kier alpha value is -2.51. The molecule has 0 fully saturated rings. The highest BCUT2D eigenvalue weighted by Gasteiger charge is 2.23. The number of aromatic nitrogens is 2. The number of nitrogens with zero attached hydrogens (tertiary/aromatic N) is 3. The van der Waals surface area contributed by atoms with Crippen LogP contribution in [0.15, 0.2) is 24.4 Å². The van der Waals surface area contributed by atoms with E-state index in [9.17, 15) is 18.9 Å². The van der Waals surface area contributed by atoms with Gasteiger partial charge in [0, 0.05) is 11.6 Å². The van der Waals surface area contributed by atoms with Gasteiger partial charge in [-0.2, -0.15) is 5.10 Å².